The number of amides is 1. The molecule has 33 heavy (non-hydrogen) atoms. The van der Waals surface area contributed by atoms with Gasteiger partial charge in [-0.3, -0.25) is 14.9 Å². The third-order valence-electron chi connectivity index (χ3n) is 6.08. The van der Waals surface area contributed by atoms with Gasteiger partial charge in [-0.1, -0.05) is 6.92 Å². The Kier molecular flexibility index (Phi) is 6.37. The Bertz CT molecular complexity index is 1280. The molecule has 1 aliphatic rings. The monoisotopic (exact) mass is 470 g/mol. The number of carbonyl (C=O) groups is 1. The van der Waals surface area contributed by atoms with Crippen molar-refractivity contribution in [2.24, 2.45) is 0 Å². The van der Waals surface area contributed by atoms with Crippen LogP contribution in [0.5, 0.6) is 0 Å². The molecule has 174 valence electrons. The number of piperidine rings is 1. The number of sulfone groups is 1. The smallest absolute Gasteiger partial charge is 0.270 e. The van der Waals surface area contributed by atoms with E-state index in [1.54, 1.807) is 42.0 Å². The topological polar surface area (TPSA) is 115 Å². The third kappa shape index (κ3) is 5.00. The van der Waals surface area contributed by atoms with Gasteiger partial charge in [0.25, 0.3) is 5.69 Å². The maximum absolute atomic E-state index is 12.6. The summed E-state index contributed by atoms with van der Waals surface area (Å²) in [5.74, 6) is -0.0191. The van der Waals surface area contributed by atoms with E-state index in [9.17, 15) is 23.3 Å². The predicted molar refractivity (Wildman–Crippen MR) is 126 cm³/mol. The fraction of sp³-hybridized carbons (Fsp3) is 0.348. The van der Waals surface area contributed by atoms with Crippen molar-refractivity contribution in [3.8, 4) is 0 Å². The number of nitro benzene ring substituents is 1. The lowest BCUT2D eigenvalue weighted by Gasteiger charge is -2.34. The number of benzene rings is 2. The molecule has 0 bridgehead atoms. The van der Waals surface area contributed by atoms with Crippen LogP contribution in [-0.2, 0) is 21.2 Å². The van der Waals surface area contributed by atoms with Crippen LogP contribution in [0.1, 0.15) is 19.8 Å². The highest BCUT2D eigenvalue weighted by Gasteiger charge is 2.22. The lowest BCUT2D eigenvalue weighted by Crippen LogP contribution is -2.45. The second-order valence-corrected chi connectivity index (χ2v) is 10.4. The van der Waals surface area contributed by atoms with Crippen LogP contribution in [0, 0.1) is 10.1 Å². The lowest BCUT2D eigenvalue weighted by molar-refractivity contribution is -0.384. The maximum atomic E-state index is 12.6. The van der Waals surface area contributed by atoms with Gasteiger partial charge in [0.2, 0.25) is 5.91 Å². The van der Waals surface area contributed by atoms with Crippen molar-refractivity contribution in [2.45, 2.75) is 37.2 Å². The second kappa shape index (κ2) is 9.22. The Morgan fingerprint density at radius 3 is 2.45 bits per heavy atom. The Hall–Kier alpha value is -3.40. The van der Waals surface area contributed by atoms with Crippen LogP contribution in [0.15, 0.2) is 59.6 Å². The maximum Gasteiger partial charge on any atom is 0.270 e. The number of anilines is 1. The van der Waals surface area contributed by atoms with E-state index in [1.807, 2.05) is 12.1 Å². The number of carbonyl (C=O) groups excluding carboxylic acids is 1. The number of aromatic nitrogens is 1. The number of hydrogen-bond acceptors (Lipinski definition) is 6. The minimum atomic E-state index is -3.21. The molecular weight excluding hydrogens is 444 g/mol. The van der Waals surface area contributed by atoms with E-state index < -0.39 is 14.8 Å². The van der Waals surface area contributed by atoms with Gasteiger partial charge in [-0.2, -0.15) is 0 Å². The molecule has 10 heteroatoms. The van der Waals surface area contributed by atoms with Gasteiger partial charge in [0.1, 0.15) is 6.54 Å². The van der Waals surface area contributed by atoms with Gasteiger partial charge < -0.3 is 14.8 Å². The summed E-state index contributed by atoms with van der Waals surface area (Å²) in [6.45, 7) is 3.31. The Balaban J connectivity index is 1.31. The van der Waals surface area contributed by atoms with Gasteiger partial charge in [0.15, 0.2) is 9.84 Å². The zero-order valence-corrected chi connectivity index (χ0v) is 19.1. The van der Waals surface area contributed by atoms with Gasteiger partial charge in [0.05, 0.1) is 15.6 Å². The van der Waals surface area contributed by atoms with Crippen molar-refractivity contribution < 1.29 is 18.1 Å². The fourth-order valence-electron chi connectivity index (χ4n) is 4.18. The third-order valence-corrected chi connectivity index (χ3v) is 7.83. The normalized spacial score (nSPS) is 15.0. The van der Waals surface area contributed by atoms with E-state index in [-0.39, 0.29) is 29.9 Å². The first-order valence-corrected chi connectivity index (χ1v) is 12.5. The van der Waals surface area contributed by atoms with E-state index in [0.29, 0.717) is 4.90 Å². The SMILES string of the molecule is CCS(=O)(=O)c1ccc(N2CCC(NC(=O)Cn3ccc4cc([N+](=O)[O-])ccc43)CC2)cc1. The first-order chi connectivity index (χ1) is 15.8. The molecule has 1 N–H and O–H groups in total. The highest BCUT2D eigenvalue weighted by atomic mass is 32.2. The summed E-state index contributed by atoms with van der Waals surface area (Å²) in [7, 11) is -3.21. The summed E-state index contributed by atoms with van der Waals surface area (Å²) in [6, 6.07) is 13.4. The van der Waals surface area contributed by atoms with Crippen LogP contribution in [0.3, 0.4) is 0 Å². The molecule has 0 radical (unpaired) electrons. The zero-order valence-electron chi connectivity index (χ0n) is 18.3. The average Bonchev–Trinajstić information content (AvgIpc) is 3.21. The minimum absolute atomic E-state index is 0.0260. The molecule has 0 aliphatic carbocycles. The number of rotatable bonds is 7. The standard InChI is InChI=1S/C23H26N4O5S/c1-2-33(31,32)21-6-3-19(4-7-21)25-13-10-18(11-14-25)24-23(28)16-26-12-9-17-15-20(27(29)30)5-8-22(17)26/h3-9,12,15,18H,2,10-11,13-14,16H2,1H3,(H,24,28). The minimum Gasteiger partial charge on any atom is -0.371 e. The first-order valence-electron chi connectivity index (χ1n) is 10.9. The zero-order chi connectivity index (χ0) is 23.6. The molecule has 4 rings (SSSR count). The molecule has 2 heterocycles. The van der Waals surface area contributed by atoms with Crippen LogP contribution in [-0.4, -0.2) is 48.7 Å². The molecule has 2 aromatic carbocycles. The highest BCUT2D eigenvalue weighted by molar-refractivity contribution is 7.91. The van der Waals surface area contributed by atoms with E-state index in [0.717, 1.165) is 42.5 Å². The molecule has 1 aromatic heterocycles. The summed E-state index contributed by atoms with van der Waals surface area (Å²) in [5, 5.41) is 14.7. The van der Waals surface area contributed by atoms with Crippen molar-refractivity contribution in [2.75, 3.05) is 23.7 Å². The lowest BCUT2D eigenvalue weighted by atomic mass is 10.0. The number of non-ortho nitro benzene ring substituents is 1. The number of nitrogens with one attached hydrogen (secondary N) is 1. The van der Waals surface area contributed by atoms with Gasteiger partial charge in [-0.05, 0) is 49.2 Å². The number of nitro groups is 1. The largest absolute Gasteiger partial charge is 0.371 e. The molecule has 0 spiro atoms. The van der Waals surface area contributed by atoms with Gasteiger partial charge >= 0.3 is 0 Å². The van der Waals surface area contributed by atoms with Crippen LogP contribution in [0.4, 0.5) is 11.4 Å². The summed E-state index contributed by atoms with van der Waals surface area (Å²) in [4.78, 5) is 25.6. The molecule has 9 nitrogen and oxygen atoms in total. The molecule has 0 saturated carbocycles. The number of fused-ring (bicyclic) bond motifs is 1. The quantitative estimate of drug-likeness (QED) is 0.419. The Morgan fingerprint density at radius 2 is 1.82 bits per heavy atom. The van der Waals surface area contributed by atoms with Crippen molar-refractivity contribution in [3.05, 3.63) is 64.8 Å². The molecule has 1 fully saturated rings. The van der Waals surface area contributed by atoms with Crippen molar-refractivity contribution in [1.29, 1.82) is 0 Å². The predicted octanol–water partition coefficient (Wildman–Crippen LogP) is 3.13. The van der Waals surface area contributed by atoms with Crippen LogP contribution in [0.25, 0.3) is 10.9 Å². The molecule has 0 atom stereocenters. The Morgan fingerprint density at radius 1 is 1.12 bits per heavy atom. The summed E-state index contributed by atoms with van der Waals surface area (Å²) in [5.41, 5.74) is 1.78. The summed E-state index contributed by atoms with van der Waals surface area (Å²) >= 11 is 0. The van der Waals surface area contributed by atoms with Crippen molar-refractivity contribution >= 4 is 38.0 Å². The fourth-order valence-corrected chi connectivity index (χ4v) is 5.06. The first kappa shape index (κ1) is 22.8. The van der Waals surface area contributed by atoms with E-state index in [4.69, 9.17) is 0 Å². The van der Waals surface area contributed by atoms with Crippen molar-refractivity contribution in [3.63, 3.8) is 0 Å². The number of hydrogen-bond donors (Lipinski definition) is 1. The van der Waals surface area contributed by atoms with E-state index in [1.165, 1.54) is 12.1 Å². The number of nitrogens with zero attached hydrogens (tertiary/aromatic N) is 3. The second-order valence-electron chi connectivity index (χ2n) is 8.17. The molecule has 3 aromatic rings. The van der Waals surface area contributed by atoms with Gasteiger partial charge in [-0.25, -0.2) is 8.42 Å². The van der Waals surface area contributed by atoms with Crippen LogP contribution < -0.4 is 10.2 Å². The van der Waals surface area contributed by atoms with Crippen molar-refractivity contribution in [1.82, 2.24) is 9.88 Å². The summed E-state index contributed by atoms with van der Waals surface area (Å²) < 4.78 is 25.7. The molecule has 1 saturated heterocycles. The van der Waals surface area contributed by atoms with E-state index in [2.05, 4.69) is 10.2 Å². The Labute approximate surface area is 192 Å². The highest BCUT2D eigenvalue weighted by Crippen LogP contribution is 2.24. The average molecular weight is 471 g/mol. The molecule has 1 aliphatic heterocycles. The molecule has 1 amide bonds. The van der Waals surface area contributed by atoms with Gasteiger partial charge in [0, 0.05) is 54.1 Å². The van der Waals surface area contributed by atoms with Crippen LogP contribution in [0.2, 0.25) is 0 Å². The molecule has 0 unspecified atom stereocenters. The van der Waals surface area contributed by atoms with E-state index >= 15 is 0 Å². The van der Waals surface area contributed by atoms with Gasteiger partial charge in [-0.15, -0.1) is 0 Å². The molecular formula is C23H26N4O5S. The summed E-state index contributed by atoms with van der Waals surface area (Å²) in [6.07, 6.45) is 3.34. The van der Waals surface area contributed by atoms with Crippen LogP contribution >= 0.6 is 0 Å².